The third-order valence-corrected chi connectivity index (χ3v) is 9.56. The molecule has 0 fully saturated rings. The van der Waals surface area contributed by atoms with Crippen molar-refractivity contribution in [1.29, 1.82) is 0 Å². The highest BCUT2D eigenvalue weighted by Gasteiger charge is 2.39. The number of carbonyl (C=O) groups excluding carboxylic acids is 4. The fourth-order valence-corrected chi connectivity index (χ4v) is 7.40. The van der Waals surface area contributed by atoms with E-state index in [0.29, 0.717) is 43.1 Å². The number of hydrogen-bond donors (Lipinski definition) is 4. The minimum absolute atomic E-state index is 0.164. The third kappa shape index (κ3) is 3.53. The zero-order valence-electron chi connectivity index (χ0n) is 25.2. The Kier molecular flexibility index (Phi) is 5.54. The number of carbonyl (C=O) groups is 6. The van der Waals surface area contributed by atoms with Gasteiger partial charge in [-0.05, 0) is 93.0 Å². The molecule has 0 aliphatic carbocycles. The molecule has 4 amide bonds. The second-order valence-corrected chi connectivity index (χ2v) is 12.1. The van der Waals surface area contributed by atoms with Gasteiger partial charge in [0.25, 0.3) is 23.6 Å². The number of carboxylic acid groups (broad SMARTS) is 2. The number of aromatic carboxylic acids is 2. The van der Waals surface area contributed by atoms with Crippen LogP contribution in [0, 0.1) is 0 Å². The second kappa shape index (κ2) is 9.61. The van der Waals surface area contributed by atoms with Crippen molar-refractivity contribution in [3.8, 4) is 11.5 Å². The van der Waals surface area contributed by atoms with Crippen molar-refractivity contribution in [1.82, 2.24) is 0 Å². The van der Waals surface area contributed by atoms with E-state index in [0.717, 1.165) is 21.9 Å². The molecule has 0 aromatic heterocycles. The molecule has 2 aliphatic rings. The SMILES string of the molecule is O=C(O)c1ccc(N2C(=O)c3ccc4c5ccc6c7c(ccc(c8ccc(c3c48)C2=O)c75)C(=O)N(c2ccc(C(=O)O)cc2O)C6=O)c(O)c1. The Labute approximate surface area is 278 Å². The number of phenolic OH excluding ortho intramolecular Hbond substituents is 2. The number of hydrogen-bond acceptors (Lipinski definition) is 8. The lowest BCUT2D eigenvalue weighted by Crippen LogP contribution is -2.40. The number of anilines is 2. The van der Waals surface area contributed by atoms with E-state index in [9.17, 15) is 49.2 Å². The van der Waals surface area contributed by atoms with Crippen LogP contribution in [0.3, 0.4) is 0 Å². The van der Waals surface area contributed by atoms with Gasteiger partial charge in [0.1, 0.15) is 11.5 Å². The molecule has 4 N–H and O–H groups in total. The van der Waals surface area contributed by atoms with Crippen LogP contribution in [0.25, 0.3) is 43.1 Å². The van der Waals surface area contributed by atoms with Crippen LogP contribution in [-0.2, 0) is 0 Å². The number of fused-ring (bicyclic) bond motifs is 2. The van der Waals surface area contributed by atoms with Crippen LogP contribution in [0.1, 0.15) is 62.1 Å². The summed E-state index contributed by atoms with van der Waals surface area (Å²) in [6.45, 7) is 0. The summed E-state index contributed by atoms with van der Waals surface area (Å²) in [6.07, 6.45) is 0. The number of aromatic hydroxyl groups is 2. The van der Waals surface area contributed by atoms with Gasteiger partial charge in [-0.3, -0.25) is 19.2 Å². The number of nitrogens with zero attached hydrogens (tertiary/aromatic N) is 2. The van der Waals surface area contributed by atoms with Crippen LogP contribution in [0.2, 0.25) is 0 Å². The van der Waals surface area contributed by atoms with Gasteiger partial charge in [0.15, 0.2) is 0 Å². The summed E-state index contributed by atoms with van der Waals surface area (Å²) in [4.78, 5) is 80.2. The Balaban J connectivity index is 1.25. The highest BCUT2D eigenvalue weighted by molar-refractivity contribution is 6.45. The van der Waals surface area contributed by atoms with Gasteiger partial charge < -0.3 is 20.4 Å². The van der Waals surface area contributed by atoms with Crippen LogP contribution in [0.4, 0.5) is 11.4 Å². The van der Waals surface area contributed by atoms with E-state index < -0.39 is 47.1 Å². The molecule has 0 spiro atoms. The van der Waals surface area contributed by atoms with Crippen molar-refractivity contribution >= 4 is 90.0 Å². The summed E-state index contributed by atoms with van der Waals surface area (Å²) in [5.41, 5.74) is -0.0201. The Bertz CT molecular complexity index is 2530. The van der Waals surface area contributed by atoms with E-state index in [1.54, 1.807) is 48.5 Å². The Morgan fingerprint density at radius 2 is 0.720 bits per heavy atom. The maximum Gasteiger partial charge on any atom is 0.335 e. The Morgan fingerprint density at radius 3 is 0.980 bits per heavy atom. The third-order valence-electron chi connectivity index (χ3n) is 9.56. The zero-order chi connectivity index (χ0) is 34.9. The van der Waals surface area contributed by atoms with Crippen molar-refractivity contribution < 1.29 is 49.2 Å². The molecule has 0 bridgehead atoms. The molecule has 0 unspecified atom stereocenters. The first kappa shape index (κ1) is 28.8. The first-order chi connectivity index (χ1) is 24.0. The van der Waals surface area contributed by atoms with Crippen molar-refractivity contribution in [3.63, 3.8) is 0 Å². The summed E-state index contributed by atoms with van der Waals surface area (Å²) >= 11 is 0. The summed E-state index contributed by atoms with van der Waals surface area (Å²) in [5, 5.41) is 44.5. The maximum absolute atomic E-state index is 13.9. The van der Waals surface area contributed by atoms with Gasteiger partial charge in [0, 0.05) is 33.0 Å². The quantitative estimate of drug-likeness (QED) is 0.0967. The van der Waals surface area contributed by atoms with Crippen LogP contribution in [0.15, 0.2) is 84.9 Å². The number of phenols is 2. The van der Waals surface area contributed by atoms with Crippen LogP contribution in [-0.4, -0.2) is 56.0 Å². The second-order valence-electron chi connectivity index (χ2n) is 12.1. The number of rotatable bonds is 4. The average Bonchev–Trinajstić information content (AvgIpc) is 3.10. The Morgan fingerprint density at radius 1 is 0.420 bits per heavy atom. The van der Waals surface area contributed by atoms with Crippen molar-refractivity contribution in [2.24, 2.45) is 0 Å². The van der Waals surface area contributed by atoms with Crippen LogP contribution < -0.4 is 9.80 Å². The fourth-order valence-electron chi connectivity index (χ4n) is 7.40. The molecule has 7 aromatic rings. The molecule has 50 heavy (non-hydrogen) atoms. The largest absolute Gasteiger partial charge is 0.506 e. The molecule has 0 radical (unpaired) electrons. The molecule has 12 heteroatoms. The molecular formula is C38H18N2O10. The highest BCUT2D eigenvalue weighted by Crippen LogP contribution is 2.47. The lowest BCUT2D eigenvalue weighted by Gasteiger charge is -2.30. The minimum Gasteiger partial charge on any atom is -0.506 e. The molecule has 7 aromatic carbocycles. The van der Waals surface area contributed by atoms with Gasteiger partial charge >= 0.3 is 11.9 Å². The smallest absolute Gasteiger partial charge is 0.335 e. The summed E-state index contributed by atoms with van der Waals surface area (Å²) in [7, 11) is 0. The predicted molar refractivity (Wildman–Crippen MR) is 180 cm³/mol. The summed E-state index contributed by atoms with van der Waals surface area (Å²) in [6, 6.07) is 19.9. The zero-order valence-corrected chi connectivity index (χ0v) is 25.2. The fraction of sp³-hybridized carbons (Fsp3) is 0. The molecule has 2 heterocycles. The number of imide groups is 2. The topological polar surface area (TPSA) is 190 Å². The normalized spacial score (nSPS) is 14.2. The standard InChI is InChI=1S/C38H18N2O10/c41-27-13-15(37(47)48)1-11-25(27)39-33(43)21-7-3-17-19-5-9-23-32-24(36(46)40(35(23)45)26-12-2-16(38(49)50)14-28(26)42)10-6-20(30(19)32)18-4-8-22(34(39)44)31(21)29(17)18/h1-14,41-42H,(H,47,48)(H,49,50). The summed E-state index contributed by atoms with van der Waals surface area (Å²) < 4.78 is 0. The molecular weight excluding hydrogens is 644 g/mol. The molecule has 9 rings (SSSR count). The van der Waals surface area contributed by atoms with Crippen molar-refractivity contribution in [2.75, 3.05) is 9.80 Å². The van der Waals surface area contributed by atoms with Crippen LogP contribution >= 0.6 is 0 Å². The lowest BCUT2D eigenvalue weighted by molar-refractivity contribution is 0.0685. The monoisotopic (exact) mass is 662 g/mol. The van der Waals surface area contributed by atoms with E-state index in [1.165, 1.54) is 24.3 Å². The molecule has 0 saturated heterocycles. The van der Waals surface area contributed by atoms with E-state index >= 15 is 0 Å². The number of benzene rings is 7. The van der Waals surface area contributed by atoms with Gasteiger partial charge in [-0.2, -0.15) is 0 Å². The molecule has 0 atom stereocenters. The number of carboxylic acids is 2. The van der Waals surface area contributed by atoms with E-state index in [1.807, 2.05) is 0 Å². The molecule has 240 valence electrons. The average molecular weight is 663 g/mol. The van der Waals surface area contributed by atoms with Gasteiger partial charge in [0.2, 0.25) is 0 Å². The van der Waals surface area contributed by atoms with Gasteiger partial charge in [-0.1, -0.05) is 24.3 Å². The number of amides is 4. The Hall–Kier alpha value is -7.34. The van der Waals surface area contributed by atoms with Gasteiger partial charge in [-0.25, -0.2) is 19.4 Å². The summed E-state index contributed by atoms with van der Waals surface area (Å²) in [5.74, 6) is -6.52. The van der Waals surface area contributed by atoms with E-state index in [4.69, 9.17) is 0 Å². The van der Waals surface area contributed by atoms with Crippen LogP contribution in [0.5, 0.6) is 11.5 Å². The van der Waals surface area contributed by atoms with E-state index in [2.05, 4.69) is 0 Å². The molecule has 0 saturated carbocycles. The maximum atomic E-state index is 13.9. The van der Waals surface area contributed by atoms with Crippen molar-refractivity contribution in [2.45, 2.75) is 0 Å². The predicted octanol–water partition coefficient (Wildman–Crippen LogP) is 6.15. The van der Waals surface area contributed by atoms with Gasteiger partial charge in [0.05, 0.1) is 22.5 Å². The van der Waals surface area contributed by atoms with Crippen molar-refractivity contribution in [3.05, 3.63) is 118 Å². The molecule has 12 nitrogen and oxygen atoms in total. The first-order valence-corrected chi connectivity index (χ1v) is 15.1. The first-order valence-electron chi connectivity index (χ1n) is 15.1. The highest BCUT2D eigenvalue weighted by atomic mass is 16.4. The minimum atomic E-state index is -1.29. The van der Waals surface area contributed by atoms with E-state index in [-0.39, 0.29) is 44.8 Å². The molecule has 2 aliphatic heterocycles. The lowest BCUT2D eigenvalue weighted by atomic mass is 9.82. The van der Waals surface area contributed by atoms with Gasteiger partial charge in [-0.15, -0.1) is 0 Å².